The van der Waals surface area contributed by atoms with Gasteiger partial charge in [0.2, 0.25) is 0 Å². The molecule has 0 fully saturated rings. The molecule has 0 radical (unpaired) electrons. The summed E-state index contributed by atoms with van der Waals surface area (Å²) in [6.45, 7) is 1.70. The molecule has 8 aromatic rings. The van der Waals surface area contributed by atoms with Crippen LogP contribution in [0.25, 0.3) is 82.0 Å². The molecule has 1 heteroatoms. The van der Waals surface area contributed by atoms with Gasteiger partial charge in [-0.05, 0) is 106 Å². The second-order valence-electron chi connectivity index (χ2n) is 11.5. The average molecular weight is 594 g/mol. The fourth-order valence-electron chi connectivity index (χ4n) is 7.14. The molecule has 0 saturated heterocycles. The maximum atomic E-state index is 8.62. The monoisotopic (exact) mass is 593 g/mol. The molecular weight excluding hydrogens is 561 g/mol. The second kappa shape index (κ2) is 10.1. The van der Waals surface area contributed by atoms with Gasteiger partial charge in [-0.2, -0.15) is 0 Å². The van der Waals surface area contributed by atoms with Crippen LogP contribution in [-0.4, -0.2) is 0 Å². The topological polar surface area (TPSA) is 0 Å². The zero-order chi connectivity index (χ0) is 34.1. The van der Waals surface area contributed by atoms with E-state index in [0.717, 1.165) is 55.9 Å². The summed E-state index contributed by atoms with van der Waals surface area (Å²) in [7, 11) is 0. The van der Waals surface area contributed by atoms with Crippen molar-refractivity contribution in [3.05, 3.63) is 164 Å². The van der Waals surface area contributed by atoms with Crippen molar-refractivity contribution in [3.63, 3.8) is 0 Å². The SMILES string of the molecule is [2H]C=C([2H])/C([2H])=C(\C([2H])=C[2H])c1ccc2c3c(cccc13)-c1cc(-c3cccc(-c4ccc5ccc6cccc7ccc4c5c67)c3)ccc1S2. The number of fused-ring (bicyclic) bond motifs is 2. The molecular formula is C44H28S. The van der Waals surface area contributed by atoms with E-state index in [-0.39, 0.29) is 23.7 Å². The molecule has 8 aromatic carbocycles. The molecule has 0 N–H and O–H groups in total. The highest BCUT2D eigenvalue weighted by Crippen LogP contribution is 2.50. The Bertz CT molecular complexity index is 2780. The number of hydrogen-bond donors (Lipinski definition) is 0. The van der Waals surface area contributed by atoms with E-state index in [2.05, 4.69) is 103 Å². The van der Waals surface area contributed by atoms with Crippen molar-refractivity contribution in [2.24, 2.45) is 0 Å². The van der Waals surface area contributed by atoms with Crippen LogP contribution in [0, 0.1) is 0 Å². The van der Waals surface area contributed by atoms with Crippen molar-refractivity contribution < 1.29 is 6.85 Å². The molecule has 0 aromatic heterocycles. The summed E-state index contributed by atoms with van der Waals surface area (Å²) >= 11 is 1.70. The first-order valence-electron chi connectivity index (χ1n) is 17.6. The number of hydrogen-bond acceptors (Lipinski definition) is 1. The fraction of sp³-hybridized carbons (Fsp3) is 0. The lowest BCUT2D eigenvalue weighted by Crippen LogP contribution is -1.96. The Morgan fingerprint density at radius 3 is 2.20 bits per heavy atom. The highest BCUT2D eigenvalue weighted by molar-refractivity contribution is 7.99. The molecule has 0 saturated carbocycles. The lowest BCUT2D eigenvalue weighted by Gasteiger charge is -2.23. The van der Waals surface area contributed by atoms with E-state index < -0.39 is 0 Å². The van der Waals surface area contributed by atoms with E-state index in [1.807, 2.05) is 24.3 Å². The standard InChI is InChI=1S/C44H28S/c1-3-8-27(4-2)34-22-24-41-44-36(34)13-7-14-37(44)39-26-32(19-23-40(39)45-41)31-11-6-12-33(25-31)35-20-17-30-16-15-28-9-5-10-29-18-21-38(35)43(30)42(28)29/h3-26H,1-2H2/b27-8+/i1D,2D,3D,4D,8D/b3-1?,4-2?,27-8+. The van der Waals surface area contributed by atoms with Crippen LogP contribution in [0.5, 0.6) is 0 Å². The Morgan fingerprint density at radius 1 is 0.556 bits per heavy atom. The van der Waals surface area contributed by atoms with Gasteiger partial charge >= 0.3 is 0 Å². The first kappa shape index (κ1) is 21.4. The molecule has 210 valence electrons. The summed E-state index contributed by atoms with van der Waals surface area (Å²) in [5.41, 5.74) is 7.57. The zero-order valence-corrected chi connectivity index (χ0v) is 25.0. The summed E-state index contributed by atoms with van der Waals surface area (Å²) < 4.78 is 40.6. The largest absolute Gasteiger partial charge is 0.0990 e. The van der Waals surface area contributed by atoms with E-state index in [9.17, 15) is 0 Å². The van der Waals surface area contributed by atoms with Crippen LogP contribution in [-0.2, 0) is 0 Å². The molecule has 0 nitrogen and oxygen atoms in total. The predicted octanol–water partition coefficient (Wildman–Crippen LogP) is 13.0. The molecule has 0 aliphatic carbocycles. The molecule has 45 heavy (non-hydrogen) atoms. The van der Waals surface area contributed by atoms with Crippen LogP contribution in [0.4, 0.5) is 0 Å². The Hall–Kier alpha value is -5.37. The van der Waals surface area contributed by atoms with Crippen LogP contribution in [0.2, 0.25) is 0 Å². The summed E-state index contributed by atoms with van der Waals surface area (Å²) in [6.07, 6.45) is 0. The lowest BCUT2D eigenvalue weighted by atomic mass is 9.88. The molecule has 1 aliphatic heterocycles. The summed E-state index contributed by atoms with van der Waals surface area (Å²) in [4.78, 5) is 2.23. The minimum absolute atomic E-state index is 0.169. The van der Waals surface area contributed by atoms with Crippen molar-refractivity contribution in [2.75, 3.05) is 0 Å². The van der Waals surface area contributed by atoms with Crippen molar-refractivity contribution in [1.29, 1.82) is 0 Å². The smallest absolute Gasteiger partial charge is 0.0629 e. The quantitative estimate of drug-likeness (QED) is 0.141. The number of allylic oxidation sites excluding steroid dienone is 4. The third-order valence-corrected chi connectivity index (χ3v) is 10.3. The van der Waals surface area contributed by atoms with Gasteiger partial charge in [-0.1, -0.05) is 146 Å². The van der Waals surface area contributed by atoms with Crippen LogP contribution in [0.1, 0.15) is 12.4 Å². The molecule has 9 rings (SSSR count). The van der Waals surface area contributed by atoms with Crippen molar-refractivity contribution in [2.45, 2.75) is 9.79 Å². The molecule has 0 spiro atoms. The first-order valence-corrected chi connectivity index (χ1v) is 15.7. The van der Waals surface area contributed by atoms with Gasteiger partial charge in [0.25, 0.3) is 0 Å². The van der Waals surface area contributed by atoms with Crippen molar-refractivity contribution >= 4 is 60.4 Å². The van der Waals surface area contributed by atoms with Crippen molar-refractivity contribution in [1.82, 2.24) is 0 Å². The maximum Gasteiger partial charge on any atom is 0.0629 e. The van der Waals surface area contributed by atoms with E-state index in [1.165, 1.54) is 43.4 Å². The van der Waals surface area contributed by atoms with E-state index in [0.29, 0.717) is 5.56 Å². The van der Waals surface area contributed by atoms with E-state index in [4.69, 9.17) is 6.85 Å². The zero-order valence-electron chi connectivity index (χ0n) is 29.2. The van der Waals surface area contributed by atoms with E-state index in [1.54, 1.807) is 11.8 Å². The van der Waals surface area contributed by atoms with Gasteiger partial charge in [-0.15, -0.1) is 0 Å². The van der Waals surface area contributed by atoms with Crippen LogP contribution in [0.3, 0.4) is 0 Å². The van der Waals surface area contributed by atoms with Crippen LogP contribution in [0.15, 0.2) is 168 Å². The Kier molecular flexibility index (Phi) is 4.79. The average Bonchev–Trinajstić information content (AvgIpc) is 3.17. The predicted molar refractivity (Wildman–Crippen MR) is 196 cm³/mol. The van der Waals surface area contributed by atoms with Crippen molar-refractivity contribution in [3.8, 4) is 33.4 Å². The molecule has 0 bridgehead atoms. The summed E-state index contributed by atoms with van der Waals surface area (Å²) in [6, 6.07) is 44.6. The van der Waals surface area contributed by atoms with E-state index >= 15 is 0 Å². The molecule has 0 atom stereocenters. The highest BCUT2D eigenvalue weighted by Gasteiger charge is 2.21. The highest BCUT2D eigenvalue weighted by atomic mass is 32.2. The lowest BCUT2D eigenvalue weighted by molar-refractivity contribution is 1.39. The van der Waals surface area contributed by atoms with Crippen LogP contribution < -0.4 is 0 Å². The minimum atomic E-state index is -0.305. The number of rotatable bonds is 5. The first-order chi connectivity index (χ1) is 24.4. The fourth-order valence-corrected chi connectivity index (χ4v) is 8.25. The van der Waals surface area contributed by atoms with Gasteiger partial charge in [0.1, 0.15) is 0 Å². The Balaban J connectivity index is 1.18. The van der Waals surface area contributed by atoms with Gasteiger partial charge in [0, 0.05) is 15.2 Å². The molecule has 0 amide bonds. The maximum absolute atomic E-state index is 8.62. The second-order valence-corrected chi connectivity index (χ2v) is 12.6. The summed E-state index contributed by atoms with van der Waals surface area (Å²) in [5, 5.41) is 9.51. The number of benzene rings is 8. The Morgan fingerprint density at radius 2 is 1.31 bits per heavy atom. The molecule has 1 heterocycles. The molecule has 0 unspecified atom stereocenters. The van der Waals surface area contributed by atoms with Gasteiger partial charge < -0.3 is 0 Å². The normalized spacial score (nSPS) is 15.4. The minimum Gasteiger partial charge on any atom is -0.0990 e. The van der Waals surface area contributed by atoms with Gasteiger partial charge in [0.15, 0.2) is 0 Å². The third-order valence-electron chi connectivity index (χ3n) is 9.14. The van der Waals surface area contributed by atoms with Crippen LogP contribution >= 0.6 is 11.8 Å². The summed E-state index contributed by atoms with van der Waals surface area (Å²) in [5.74, 6) is 0. The van der Waals surface area contributed by atoms with Gasteiger partial charge in [0.05, 0.1) is 6.85 Å². The van der Waals surface area contributed by atoms with Gasteiger partial charge in [-0.25, -0.2) is 0 Å². The molecule has 1 aliphatic rings. The third kappa shape index (κ3) is 3.94. The Labute approximate surface area is 274 Å². The van der Waals surface area contributed by atoms with Gasteiger partial charge in [-0.3, -0.25) is 0 Å².